The van der Waals surface area contributed by atoms with Crippen LogP contribution in [0.5, 0.6) is 5.75 Å². The summed E-state index contributed by atoms with van der Waals surface area (Å²) in [5.74, 6) is -1.07. The molecule has 2 aromatic rings. The first kappa shape index (κ1) is 15.3. The number of aromatic hydroxyl groups is 1. The van der Waals surface area contributed by atoms with Crippen molar-refractivity contribution in [3.8, 4) is 5.75 Å². The van der Waals surface area contributed by atoms with E-state index >= 15 is 0 Å². The van der Waals surface area contributed by atoms with Crippen LogP contribution in [-0.4, -0.2) is 21.9 Å². The number of hydrogen-bond donors (Lipinski definition) is 3. The smallest absolute Gasteiger partial charge is 0.348 e. The molecule has 3 N–H and O–H groups in total. The van der Waals surface area contributed by atoms with Gasteiger partial charge in [-0.25, -0.2) is 9.59 Å². The second kappa shape index (κ2) is 6.13. The van der Waals surface area contributed by atoms with E-state index in [0.29, 0.717) is 0 Å². The molecule has 0 aliphatic carbocycles. The maximum Gasteiger partial charge on any atom is 0.348 e. The molecule has 2 rings (SSSR count). The quantitative estimate of drug-likeness (QED) is 0.589. The molecule has 0 saturated carbocycles. The number of anilines is 1. The van der Waals surface area contributed by atoms with Crippen LogP contribution in [0.2, 0.25) is 0 Å². The Labute approximate surface area is 125 Å². The highest BCUT2D eigenvalue weighted by molar-refractivity contribution is 6.01. The minimum atomic E-state index is -1.10. The summed E-state index contributed by atoms with van der Waals surface area (Å²) in [7, 11) is 0. The van der Waals surface area contributed by atoms with Gasteiger partial charge in [-0.3, -0.25) is 5.43 Å². The zero-order chi connectivity index (χ0) is 16.3. The van der Waals surface area contributed by atoms with Crippen LogP contribution in [0, 0.1) is 6.92 Å². The second-order valence-electron chi connectivity index (χ2n) is 4.56. The van der Waals surface area contributed by atoms with Crippen molar-refractivity contribution in [2.45, 2.75) is 13.8 Å². The molecule has 1 aromatic carbocycles. The van der Waals surface area contributed by atoms with Crippen molar-refractivity contribution < 1.29 is 19.4 Å². The fraction of sp³-hybridized carbons (Fsp3) is 0.133. The third-order valence-electron chi connectivity index (χ3n) is 2.92. The van der Waals surface area contributed by atoms with Gasteiger partial charge >= 0.3 is 11.6 Å². The molecule has 114 valence electrons. The first-order chi connectivity index (χ1) is 10.4. The van der Waals surface area contributed by atoms with Gasteiger partial charge in [0.15, 0.2) is 0 Å². The van der Waals surface area contributed by atoms with Gasteiger partial charge in [0.25, 0.3) is 0 Å². The fourth-order valence-corrected chi connectivity index (χ4v) is 1.90. The predicted octanol–water partition coefficient (Wildman–Crippen LogP) is 2.19. The van der Waals surface area contributed by atoms with Crippen LogP contribution >= 0.6 is 0 Å². The summed E-state index contributed by atoms with van der Waals surface area (Å²) >= 11 is 0. The van der Waals surface area contributed by atoms with Crippen LogP contribution in [0.1, 0.15) is 28.6 Å². The lowest BCUT2D eigenvalue weighted by Gasteiger charge is -2.07. The molecule has 1 heterocycles. The number of rotatable bonds is 4. The number of carbonyl (C=O) groups is 1. The maximum absolute atomic E-state index is 11.8. The fourth-order valence-electron chi connectivity index (χ4n) is 1.90. The summed E-state index contributed by atoms with van der Waals surface area (Å²) in [4.78, 5) is 22.8. The monoisotopic (exact) mass is 302 g/mol. The van der Waals surface area contributed by atoms with Crippen molar-refractivity contribution in [2.75, 3.05) is 5.43 Å². The lowest BCUT2D eigenvalue weighted by Crippen LogP contribution is -2.14. The third-order valence-corrected chi connectivity index (χ3v) is 2.92. The number of nitrogens with zero attached hydrogens (tertiary/aromatic N) is 1. The van der Waals surface area contributed by atoms with Crippen LogP contribution < -0.4 is 11.1 Å². The molecular formula is C15H14N2O5. The normalized spacial score (nSPS) is 11.3. The van der Waals surface area contributed by atoms with E-state index in [1.807, 2.05) is 0 Å². The zero-order valence-corrected chi connectivity index (χ0v) is 12.0. The van der Waals surface area contributed by atoms with Gasteiger partial charge in [0.05, 0.1) is 17.0 Å². The summed E-state index contributed by atoms with van der Waals surface area (Å²) in [5, 5.41) is 22.8. The summed E-state index contributed by atoms with van der Waals surface area (Å²) in [6, 6.07) is 7.51. The highest BCUT2D eigenvalue weighted by Gasteiger charge is 2.14. The van der Waals surface area contributed by atoms with Crippen molar-refractivity contribution in [1.29, 1.82) is 0 Å². The van der Waals surface area contributed by atoms with Crippen molar-refractivity contribution in [1.82, 2.24) is 0 Å². The zero-order valence-electron chi connectivity index (χ0n) is 12.0. The molecule has 0 radical (unpaired) electrons. The van der Waals surface area contributed by atoms with Crippen LogP contribution in [-0.2, 0) is 0 Å². The van der Waals surface area contributed by atoms with Crippen LogP contribution in [0.3, 0.4) is 0 Å². The van der Waals surface area contributed by atoms with E-state index in [0.717, 1.165) is 0 Å². The molecule has 0 unspecified atom stereocenters. The summed E-state index contributed by atoms with van der Waals surface area (Å²) in [6.07, 6.45) is 0. The topological polar surface area (TPSA) is 112 Å². The van der Waals surface area contributed by atoms with Gasteiger partial charge in [-0.05, 0) is 26.0 Å². The maximum atomic E-state index is 11.8. The van der Waals surface area contributed by atoms with Gasteiger partial charge in [-0.2, -0.15) is 5.10 Å². The summed E-state index contributed by atoms with van der Waals surface area (Å²) < 4.78 is 4.91. The van der Waals surface area contributed by atoms with Crippen LogP contribution in [0.25, 0.3) is 0 Å². The first-order valence-corrected chi connectivity index (χ1v) is 6.37. The number of hydrogen-bond acceptors (Lipinski definition) is 6. The van der Waals surface area contributed by atoms with E-state index in [1.165, 1.54) is 25.1 Å². The number of carboxylic acid groups (broad SMARTS) is 1. The molecule has 0 aliphatic rings. The highest BCUT2D eigenvalue weighted by Crippen LogP contribution is 2.17. The minimum absolute atomic E-state index is 0.0409. The second-order valence-corrected chi connectivity index (χ2v) is 4.56. The minimum Gasteiger partial charge on any atom is -0.507 e. The molecule has 7 heteroatoms. The van der Waals surface area contributed by atoms with Crippen molar-refractivity contribution in [3.63, 3.8) is 0 Å². The number of hydrazone groups is 1. The Hall–Kier alpha value is -3.09. The number of carboxylic acids is 1. The number of para-hydroxylation sites is 1. The molecule has 0 bridgehead atoms. The molecule has 0 aliphatic heterocycles. The van der Waals surface area contributed by atoms with Crippen molar-refractivity contribution >= 4 is 17.4 Å². The number of benzene rings is 1. The van der Waals surface area contributed by atoms with E-state index < -0.39 is 11.6 Å². The van der Waals surface area contributed by atoms with Gasteiger partial charge in [-0.15, -0.1) is 0 Å². The average molecular weight is 302 g/mol. The first-order valence-electron chi connectivity index (χ1n) is 6.37. The standard InChI is InChI=1S/C15H14N2O5/c1-8-7-12(18)13(15(21)22-8)9(2)16-17-11-6-4-3-5-10(11)14(19)20/h3-7,17-18H,1-2H3,(H,19,20)/b16-9+. The largest absolute Gasteiger partial charge is 0.507 e. The highest BCUT2D eigenvalue weighted by atomic mass is 16.4. The number of aryl methyl sites for hydroxylation is 1. The number of nitrogens with one attached hydrogen (secondary N) is 1. The lowest BCUT2D eigenvalue weighted by atomic mass is 10.1. The Kier molecular flexibility index (Phi) is 4.26. The summed E-state index contributed by atoms with van der Waals surface area (Å²) in [5.41, 5.74) is 2.27. The van der Waals surface area contributed by atoms with E-state index in [4.69, 9.17) is 9.52 Å². The predicted molar refractivity (Wildman–Crippen MR) is 80.6 cm³/mol. The van der Waals surface area contributed by atoms with Gasteiger partial charge in [0, 0.05) is 6.07 Å². The third kappa shape index (κ3) is 3.14. The Morgan fingerprint density at radius 3 is 2.64 bits per heavy atom. The van der Waals surface area contributed by atoms with Crippen molar-refractivity contribution in [3.05, 3.63) is 57.6 Å². The molecule has 0 amide bonds. The lowest BCUT2D eigenvalue weighted by molar-refractivity contribution is 0.0698. The van der Waals surface area contributed by atoms with Crippen molar-refractivity contribution in [2.24, 2.45) is 5.10 Å². The number of aromatic carboxylic acids is 1. The summed E-state index contributed by atoms with van der Waals surface area (Å²) in [6.45, 7) is 3.04. The van der Waals surface area contributed by atoms with E-state index in [2.05, 4.69) is 10.5 Å². The van der Waals surface area contributed by atoms with Crippen LogP contribution in [0.15, 0.2) is 44.6 Å². The Bertz CT molecular complexity index is 808. The Morgan fingerprint density at radius 1 is 1.32 bits per heavy atom. The van der Waals surface area contributed by atoms with E-state index in [1.54, 1.807) is 19.1 Å². The molecule has 0 atom stereocenters. The molecule has 0 fully saturated rings. The Balaban J connectivity index is 2.36. The van der Waals surface area contributed by atoms with Gasteiger partial charge < -0.3 is 14.6 Å². The molecule has 22 heavy (non-hydrogen) atoms. The SMILES string of the molecule is C/C(=N\Nc1ccccc1C(=O)O)c1c(O)cc(C)oc1=O. The van der Waals surface area contributed by atoms with Gasteiger partial charge in [0.1, 0.15) is 17.1 Å². The van der Waals surface area contributed by atoms with Crippen LogP contribution in [0.4, 0.5) is 5.69 Å². The molecule has 0 spiro atoms. The molecule has 1 aromatic heterocycles. The Morgan fingerprint density at radius 2 is 2.00 bits per heavy atom. The molecule has 0 saturated heterocycles. The van der Waals surface area contributed by atoms with E-state index in [-0.39, 0.29) is 34.0 Å². The molecular weight excluding hydrogens is 288 g/mol. The van der Waals surface area contributed by atoms with Gasteiger partial charge in [-0.1, -0.05) is 12.1 Å². The van der Waals surface area contributed by atoms with E-state index in [9.17, 15) is 14.7 Å². The molecule has 7 nitrogen and oxygen atoms in total. The van der Waals surface area contributed by atoms with Gasteiger partial charge in [0.2, 0.25) is 0 Å². The average Bonchev–Trinajstić information content (AvgIpc) is 2.44.